The van der Waals surface area contributed by atoms with Crippen LogP contribution in [-0.2, 0) is 5.88 Å². The quantitative estimate of drug-likeness (QED) is 0.663. The highest BCUT2D eigenvalue weighted by molar-refractivity contribution is 6.16. The molecule has 0 aliphatic rings. The maximum Gasteiger partial charge on any atom is 0.0950 e. The van der Waals surface area contributed by atoms with Crippen molar-refractivity contribution in [3.8, 4) is 0 Å². The fraction of sp³-hybridized carbons (Fsp3) is 0.571. The Labute approximate surface area is 78.0 Å². The summed E-state index contributed by atoms with van der Waals surface area (Å²) in [5.41, 5.74) is 1.08. The third kappa shape index (κ3) is 2.38. The Balaban J connectivity index is 0.000001000. The first kappa shape index (κ1) is 10.8. The van der Waals surface area contributed by atoms with E-state index in [1.807, 2.05) is 6.33 Å². The van der Waals surface area contributed by atoms with E-state index < -0.39 is 0 Å². The maximum atomic E-state index is 5.66. The number of halogens is 2. The van der Waals surface area contributed by atoms with E-state index in [1.165, 1.54) is 0 Å². The number of rotatable bonds is 2. The molecule has 4 heteroatoms. The SMILES string of the molecule is CC(C)n1cncc1CCl.Cl. The van der Waals surface area contributed by atoms with Crippen molar-refractivity contribution >= 4 is 24.0 Å². The van der Waals surface area contributed by atoms with Crippen LogP contribution in [0.2, 0.25) is 0 Å². The lowest BCUT2D eigenvalue weighted by Gasteiger charge is -2.08. The van der Waals surface area contributed by atoms with Gasteiger partial charge in [0.25, 0.3) is 0 Å². The first-order chi connectivity index (χ1) is 4.75. The van der Waals surface area contributed by atoms with Crippen molar-refractivity contribution in [3.05, 3.63) is 18.2 Å². The van der Waals surface area contributed by atoms with Crippen LogP contribution in [0.1, 0.15) is 25.6 Å². The minimum absolute atomic E-state index is 0. The van der Waals surface area contributed by atoms with Gasteiger partial charge in [0.2, 0.25) is 0 Å². The average Bonchev–Trinajstić information content (AvgIpc) is 2.33. The molecule has 1 aromatic heterocycles. The van der Waals surface area contributed by atoms with Gasteiger partial charge in [0.1, 0.15) is 0 Å². The van der Waals surface area contributed by atoms with Gasteiger partial charge in [-0.2, -0.15) is 0 Å². The molecule has 1 aromatic rings. The molecule has 11 heavy (non-hydrogen) atoms. The normalized spacial score (nSPS) is 9.82. The van der Waals surface area contributed by atoms with Crippen molar-refractivity contribution in [1.82, 2.24) is 9.55 Å². The molecule has 1 heterocycles. The van der Waals surface area contributed by atoms with Gasteiger partial charge in [-0.1, -0.05) is 0 Å². The number of hydrogen-bond acceptors (Lipinski definition) is 1. The molecule has 0 saturated heterocycles. The number of alkyl halides is 1. The van der Waals surface area contributed by atoms with Crippen LogP contribution in [0.5, 0.6) is 0 Å². The van der Waals surface area contributed by atoms with Gasteiger partial charge in [-0.05, 0) is 13.8 Å². The Bertz CT molecular complexity index is 208. The molecular weight excluding hydrogens is 183 g/mol. The lowest BCUT2D eigenvalue weighted by atomic mass is 10.4. The summed E-state index contributed by atoms with van der Waals surface area (Å²) in [6.45, 7) is 4.22. The predicted molar refractivity (Wildman–Crippen MR) is 49.4 cm³/mol. The minimum Gasteiger partial charge on any atom is -0.331 e. The van der Waals surface area contributed by atoms with Crippen LogP contribution in [-0.4, -0.2) is 9.55 Å². The lowest BCUT2D eigenvalue weighted by molar-refractivity contribution is 0.583. The molecule has 0 aliphatic heterocycles. The molecule has 0 fully saturated rings. The van der Waals surface area contributed by atoms with E-state index in [1.54, 1.807) is 6.20 Å². The number of aromatic nitrogens is 2. The van der Waals surface area contributed by atoms with Gasteiger partial charge in [-0.15, -0.1) is 24.0 Å². The third-order valence-corrected chi connectivity index (χ3v) is 1.71. The first-order valence-corrected chi connectivity index (χ1v) is 3.86. The summed E-state index contributed by atoms with van der Waals surface area (Å²) < 4.78 is 2.06. The van der Waals surface area contributed by atoms with Crippen molar-refractivity contribution < 1.29 is 0 Å². The second-order valence-electron chi connectivity index (χ2n) is 2.52. The fourth-order valence-corrected chi connectivity index (χ4v) is 1.11. The van der Waals surface area contributed by atoms with Gasteiger partial charge in [0.05, 0.1) is 17.9 Å². The van der Waals surface area contributed by atoms with Crippen LogP contribution in [0.25, 0.3) is 0 Å². The van der Waals surface area contributed by atoms with Gasteiger partial charge in [-0.25, -0.2) is 4.98 Å². The van der Waals surface area contributed by atoms with Crippen molar-refractivity contribution in [3.63, 3.8) is 0 Å². The van der Waals surface area contributed by atoms with Crippen molar-refractivity contribution in [1.29, 1.82) is 0 Å². The van der Waals surface area contributed by atoms with E-state index in [9.17, 15) is 0 Å². The molecule has 0 aliphatic carbocycles. The maximum absolute atomic E-state index is 5.66. The van der Waals surface area contributed by atoms with Crippen molar-refractivity contribution in [2.24, 2.45) is 0 Å². The molecule has 0 bridgehead atoms. The van der Waals surface area contributed by atoms with Crippen LogP contribution in [0, 0.1) is 0 Å². The van der Waals surface area contributed by atoms with Gasteiger partial charge in [0, 0.05) is 12.2 Å². The second-order valence-corrected chi connectivity index (χ2v) is 2.79. The average molecular weight is 195 g/mol. The summed E-state index contributed by atoms with van der Waals surface area (Å²) >= 11 is 5.66. The Hall–Kier alpha value is -0.210. The standard InChI is InChI=1S/C7H11ClN2.ClH/c1-6(2)10-5-9-4-7(10)3-8;/h4-6H,3H2,1-2H3;1H. The fourth-order valence-electron chi connectivity index (χ4n) is 0.901. The molecule has 0 unspecified atom stereocenters. The summed E-state index contributed by atoms with van der Waals surface area (Å²) in [5.74, 6) is 0.540. The molecule has 0 radical (unpaired) electrons. The summed E-state index contributed by atoms with van der Waals surface area (Å²) in [5, 5.41) is 0. The molecular formula is C7H12Cl2N2. The van der Waals surface area contributed by atoms with Gasteiger partial charge >= 0.3 is 0 Å². The van der Waals surface area contributed by atoms with Crippen LogP contribution < -0.4 is 0 Å². The highest BCUT2D eigenvalue weighted by atomic mass is 35.5. The summed E-state index contributed by atoms with van der Waals surface area (Å²) in [6, 6.07) is 0.455. The zero-order valence-corrected chi connectivity index (χ0v) is 8.19. The van der Waals surface area contributed by atoms with E-state index in [0.717, 1.165) is 5.69 Å². The molecule has 2 nitrogen and oxygen atoms in total. The Morgan fingerprint density at radius 3 is 2.64 bits per heavy atom. The molecule has 0 amide bonds. The van der Waals surface area contributed by atoms with Crippen molar-refractivity contribution in [2.75, 3.05) is 0 Å². The lowest BCUT2D eigenvalue weighted by Crippen LogP contribution is -2.01. The zero-order valence-electron chi connectivity index (χ0n) is 6.62. The first-order valence-electron chi connectivity index (χ1n) is 3.32. The third-order valence-electron chi connectivity index (χ3n) is 1.44. The number of nitrogens with zero attached hydrogens (tertiary/aromatic N) is 2. The molecule has 0 N–H and O–H groups in total. The van der Waals surface area contributed by atoms with Crippen LogP contribution in [0.4, 0.5) is 0 Å². The second kappa shape index (κ2) is 4.62. The Morgan fingerprint density at radius 1 is 1.64 bits per heavy atom. The monoisotopic (exact) mass is 194 g/mol. The van der Waals surface area contributed by atoms with Gasteiger partial charge in [-0.3, -0.25) is 0 Å². The summed E-state index contributed by atoms with van der Waals surface area (Å²) in [6.07, 6.45) is 3.61. The Morgan fingerprint density at radius 2 is 2.27 bits per heavy atom. The van der Waals surface area contributed by atoms with E-state index >= 15 is 0 Å². The summed E-state index contributed by atoms with van der Waals surface area (Å²) in [4.78, 5) is 3.99. The van der Waals surface area contributed by atoms with Crippen molar-refractivity contribution in [2.45, 2.75) is 25.8 Å². The minimum atomic E-state index is 0. The number of hydrogen-bond donors (Lipinski definition) is 0. The molecule has 0 saturated carbocycles. The molecule has 0 atom stereocenters. The van der Waals surface area contributed by atoms with E-state index in [4.69, 9.17) is 11.6 Å². The largest absolute Gasteiger partial charge is 0.331 e. The van der Waals surface area contributed by atoms with Gasteiger partial charge in [0.15, 0.2) is 0 Å². The topological polar surface area (TPSA) is 17.8 Å². The Kier molecular flexibility index (Phi) is 4.54. The molecule has 0 aromatic carbocycles. The van der Waals surface area contributed by atoms with Crippen LogP contribution >= 0.6 is 24.0 Å². The van der Waals surface area contributed by atoms with Gasteiger partial charge < -0.3 is 4.57 Å². The smallest absolute Gasteiger partial charge is 0.0950 e. The highest BCUT2D eigenvalue weighted by Gasteiger charge is 2.01. The van der Waals surface area contributed by atoms with E-state index in [0.29, 0.717) is 11.9 Å². The summed E-state index contributed by atoms with van der Waals surface area (Å²) in [7, 11) is 0. The highest BCUT2D eigenvalue weighted by Crippen LogP contribution is 2.09. The predicted octanol–water partition coefficient (Wildman–Crippen LogP) is 2.62. The zero-order chi connectivity index (χ0) is 7.56. The molecule has 1 rings (SSSR count). The molecule has 64 valence electrons. The van der Waals surface area contributed by atoms with E-state index in [-0.39, 0.29) is 12.4 Å². The van der Waals surface area contributed by atoms with Crippen LogP contribution in [0.15, 0.2) is 12.5 Å². The van der Waals surface area contributed by atoms with Crippen LogP contribution in [0.3, 0.4) is 0 Å². The number of imidazole rings is 1. The molecule has 0 spiro atoms. The van der Waals surface area contributed by atoms with E-state index in [2.05, 4.69) is 23.4 Å².